The molecule has 2 aromatic heterocycles. The lowest BCUT2D eigenvalue weighted by Crippen LogP contribution is -2.16. The predicted octanol–water partition coefficient (Wildman–Crippen LogP) is 2.00. The summed E-state index contributed by atoms with van der Waals surface area (Å²) in [6, 6.07) is 8.49. The van der Waals surface area contributed by atoms with Gasteiger partial charge in [0.15, 0.2) is 0 Å². The van der Waals surface area contributed by atoms with Crippen LogP contribution < -0.4 is 15.6 Å². The Morgan fingerprint density at radius 3 is 2.96 bits per heavy atom. The van der Waals surface area contributed by atoms with E-state index in [1.54, 1.807) is 24.3 Å². The number of amides is 1. The van der Waals surface area contributed by atoms with E-state index in [2.05, 4.69) is 15.4 Å². The number of ether oxygens (including phenoxy) is 1. The van der Waals surface area contributed by atoms with E-state index in [1.165, 1.54) is 28.8 Å². The molecule has 3 rings (SSSR count). The smallest absolute Gasteiger partial charge is 0.275 e. The fourth-order valence-electron chi connectivity index (χ4n) is 2.06. The van der Waals surface area contributed by atoms with E-state index in [9.17, 15) is 9.59 Å². The molecule has 8 heteroatoms. The van der Waals surface area contributed by atoms with Crippen LogP contribution in [0.5, 0.6) is 5.75 Å². The number of benzene rings is 1. The van der Waals surface area contributed by atoms with E-state index in [1.807, 2.05) is 6.92 Å². The van der Waals surface area contributed by atoms with Crippen LogP contribution in [-0.4, -0.2) is 20.5 Å². The minimum Gasteiger partial charge on any atom is -0.485 e. The molecule has 0 bridgehead atoms. The van der Waals surface area contributed by atoms with Crippen molar-refractivity contribution in [3.63, 3.8) is 0 Å². The molecule has 0 spiro atoms. The van der Waals surface area contributed by atoms with Gasteiger partial charge in [-0.2, -0.15) is 9.61 Å². The number of para-hydroxylation sites is 2. The van der Waals surface area contributed by atoms with Gasteiger partial charge in [0.1, 0.15) is 17.4 Å². The van der Waals surface area contributed by atoms with Gasteiger partial charge in [-0.25, -0.2) is 4.98 Å². The van der Waals surface area contributed by atoms with Crippen LogP contribution in [0.3, 0.4) is 0 Å². The number of hydrogen-bond donors (Lipinski definition) is 1. The number of nitrogens with one attached hydrogen (secondary N) is 1. The summed E-state index contributed by atoms with van der Waals surface area (Å²) in [5.74, 6) is 0.337. The Kier molecular flexibility index (Phi) is 4.07. The Labute approximate surface area is 135 Å². The van der Waals surface area contributed by atoms with Gasteiger partial charge in [-0.15, -0.1) is 0 Å². The molecule has 23 heavy (non-hydrogen) atoms. The van der Waals surface area contributed by atoms with Crippen LogP contribution in [-0.2, 0) is 11.4 Å². The Bertz CT molecular complexity index is 932. The highest BCUT2D eigenvalue weighted by atomic mass is 32.1. The summed E-state index contributed by atoms with van der Waals surface area (Å²) in [6.07, 6.45) is 0. The number of carbonyl (C=O) groups is 1. The van der Waals surface area contributed by atoms with Crippen molar-refractivity contribution in [3.05, 3.63) is 51.4 Å². The molecule has 0 saturated heterocycles. The second-order valence-corrected chi connectivity index (χ2v) is 6.03. The van der Waals surface area contributed by atoms with Crippen molar-refractivity contribution in [1.29, 1.82) is 0 Å². The first-order chi connectivity index (χ1) is 11.0. The van der Waals surface area contributed by atoms with Gasteiger partial charge in [-0.3, -0.25) is 9.59 Å². The number of aromatic nitrogens is 3. The van der Waals surface area contributed by atoms with Crippen LogP contribution in [0.25, 0.3) is 4.96 Å². The number of aryl methyl sites for hydroxylation is 1. The summed E-state index contributed by atoms with van der Waals surface area (Å²) >= 11 is 1.34. The second-order valence-electron chi connectivity index (χ2n) is 4.87. The third-order valence-electron chi connectivity index (χ3n) is 2.97. The van der Waals surface area contributed by atoms with Crippen molar-refractivity contribution < 1.29 is 9.53 Å². The van der Waals surface area contributed by atoms with Crippen molar-refractivity contribution in [2.45, 2.75) is 20.5 Å². The lowest BCUT2D eigenvalue weighted by Gasteiger charge is -2.11. The summed E-state index contributed by atoms with van der Waals surface area (Å²) in [4.78, 5) is 28.1. The van der Waals surface area contributed by atoms with Crippen molar-refractivity contribution in [2.75, 3.05) is 5.32 Å². The Morgan fingerprint density at radius 2 is 2.17 bits per heavy atom. The van der Waals surface area contributed by atoms with Crippen molar-refractivity contribution in [3.8, 4) is 5.75 Å². The maximum Gasteiger partial charge on any atom is 0.275 e. The fourth-order valence-corrected chi connectivity index (χ4v) is 2.83. The summed E-state index contributed by atoms with van der Waals surface area (Å²) in [7, 11) is 0. The van der Waals surface area contributed by atoms with E-state index in [0.717, 1.165) is 5.01 Å². The Morgan fingerprint density at radius 1 is 1.39 bits per heavy atom. The van der Waals surface area contributed by atoms with Crippen molar-refractivity contribution in [2.24, 2.45) is 0 Å². The summed E-state index contributed by atoms with van der Waals surface area (Å²) in [5, 5.41) is 7.55. The quantitative estimate of drug-likeness (QED) is 0.791. The van der Waals surface area contributed by atoms with Gasteiger partial charge < -0.3 is 10.1 Å². The average Bonchev–Trinajstić information content (AvgIpc) is 2.87. The van der Waals surface area contributed by atoms with Gasteiger partial charge in [0.25, 0.3) is 5.56 Å². The molecule has 0 aliphatic rings. The third kappa shape index (κ3) is 3.37. The zero-order valence-electron chi connectivity index (χ0n) is 12.6. The highest BCUT2D eigenvalue weighted by molar-refractivity contribution is 7.16. The molecule has 7 nitrogen and oxygen atoms in total. The van der Waals surface area contributed by atoms with Crippen LogP contribution in [0.2, 0.25) is 0 Å². The number of nitrogens with zero attached hydrogens (tertiary/aromatic N) is 3. The molecule has 0 aliphatic heterocycles. The minimum atomic E-state index is -0.243. The maximum atomic E-state index is 12.0. The number of hydrogen-bond acceptors (Lipinski definition) is 6. The monoisotopic (exact) mass is 330 g/mol. The van der Waals surface area contributed by atoms with Gasteiger partial charge in [0.05, 0.1) is 11.4 Å². The molecule has 1 N–H and O–H groups in total. The van der Waals surface area contributed by atoms with Crippen LogP contribution in [0, 0.1) is 6.92 Å². The van der Waals surface area contributed by atoms with E-state index in [0.29, 0.717) is 22.1 Å². The fraction of sp³-hybridized carbons (Fsp3) is 0.200. The molecule has 1 amide bonds. The molecule has 3 aromatic rings. The first-order valence-corrected chi connectivity index (χ1v) is 7.70. The van der Waals surface area contributed by atoms with Crippen LogP contribution >= 0.6 is 11.3 Å². The molecule has 2 heterocycles. The lowest BCUT2D eigenvalue weighted by atomic mass is 10.3. The highest BCUT2D eigenvalue weighted by Gasteiger charge is 2.09. The first-order valence-electron chi connectivity index (χ1n) is 6.89. The molecule has 0 atom stereocenters. The largest absolute Gasteiger partial charge is 0.485 e. The third-order valence-corrected chi connectivity index (χ3v) is 3.80. The summed E-state index contributed by atoms with van der Waals surface area (Å²) in [6.45, 7) is 3.37. The van der Waals surface area contributed by atoms with Crippen molar-refractivity contribution in [1.82, 2.24) is 14.6 Å². The van der Waals surface area contributed by atoms with Gasteiger partial charge in [-0.05, 0) is 19.1 Å². The maximum absolute atomic E-state index is 12.0. The average molecular weight is 330 g/mol. The van der Waals surface area contributed by atoms with Crippen LogP contribution in [0.4, 0.5) is 5.69 Å². The van der Waals surface area contributed by atoms with Gasteiger partial charge in [0, 0.05) is 13.0 Å². The number of fused-ring (bicyclic) bond motifs is 1. The zero-order chi connectivity index (χ0) is 16.4. The molecular weight excluding hydrogens is 316 g/mol. The second kappa shape index (κ2) is 6.17. The number of carbonyl (C=O) groups excluding carboxylic acids is 1. The van der Waals surface area contributed by atoms with E-state index in [4.69, 9.17) is 4.74 Å². The SMILES string of the molecule is CC(=O)Nc1ccccc1OCc1cc(=O)n2nc(C)sc2n1. The number of anilines is 1. The van der Waals surface area contributed by atoms with Crippen LogP contribution in [0.15, 0.2) is 35.1 Å². The summed E-state index contributed by atoms with van der Waals surface area (Å²) < 4.78 is 6.97. The molecule has 0 saturated carbocycles. The topological polar surface area (TPSA) is 85.6 Å². The molecule has 0 aliphatic carbocycles. The molecule has 0 fully saturated rings. The molecule has 1 aromatic carbocycles. The minimum absolute atomic E-state index is 0.124. The zero-order valence-corrected chi connectivity index (χ0v) is 13.4. The van der Waals surface area contributed by atoms with E-state index < -0.39 is 0 Å². The standard InChI is InChI=1S/C15H14N4O3S/c1-9(20)16-12-5-3-4-6-13(12)22-8-11-7-14(21)19-15(17-11)23-10(2)18-19/h3-7H,8H2,1-2H3,(H,16,20). The van der Waals surface area contributed by atoms with E-state index >= 15 is 0 Å². The molecular formula is C15H14N4O3S. The van der Waals surface area contributed by atoms with Crippen LogP contribution in [0.1, 0.15) is 17.6 Å². The Balaban J connectivity index is 1.84. The molecule has 118 valence electrons. The van der Waals surface area contributed by atoms with Gasteiger partial charge >= 0.3 is 0 Å². The van der Waals surface area contributed by atoms with Crippen molar-refractivity contribution >= 4 is 27.9 Å². The van der Waals surface area contributed by atoms with E-state index in [-0.39, 0.29) is 18.1 Å². The highest BCUT2D eigenvalue weighted by Crippen LogP contribution is 2.24. The first kappa shape index (κ1) is 15.2. The van der Waals surface area contributed by atoms with Gasteiger partial charge in [0.2, 0.25) is 10.9 Å². The summed E-state index contributed by atoms with van der Waals surface area (Å²) in [5.41, 5.74) is 0.843. The van der Waals surface area contributed by atoms with Gasteiger partial charge in [-0.1, -0.05) is 23.5 Å². The lowest BCUT2D eigenvalue weighted by molar-refractivity contribution is -0.114. The Hall–Kier alpha value is -2.74. The number of rotatable bonds is 4. The molecule has 0 unspecified atom stereocenters. The normalized spacial score (nSPS) is 10.7. The molecule has 0 radical (unpaired) electrons. The predicted molar refractivity (Wildman–Crippen MR) is 86.9 cm³/mol.